The topological polar surface area (TPSA) is 49.4 Å². The fourth-order valence-corrected chi connectivity index (χ4v) is 4.05. The Morgan fingerprint density at radius 2 is 1.52 bits per heavy atom. The van der Waals surface area contributed by atoms with E-state index in [9.17, 15) is 9.59 Å². The number of nitrogens with one attached hydrogen (secondary N) is 1. The third-order valence-electron chi connectivity index (χ3n) is 5.78. The average molecular weight is 362 g/mol. The number of carbonyl (C=O) groups excluding carboxylic acids is 2. The van der Waals surface area contributed by atoms with Crippen LogP contribution in [0.4, 0.5) is 5.69 Å². The Morgan fingerprint density at radius 1 is 0.889 bits per heavy atom. The third-order valence-corrected chi connectivity index (χ3v) is 5.78. The van der Waals surface area contributed by atoms with Crippen LogP contribution in [0, 0.1) is 17.8 Å². The van der Waals surface area contributed by atoms with Gasteiger partial charge in [0.2, 0.25) is 11.8 Å². The highest BCUT2D eigenvalue weighted by Gasteiger charge is 2.49. The molecule has 2 atom stereocenters. The molecule has 2 unspecified atom stereocenters. The van der Waals surface area contributed by atoms with Crippen LogP contribution in [-0.4, -0.2) is 29.8 Å². The highest BCUT2D eigenvalue weighted by molar-refractivity contribution is 5.99. The highest BCUT2D eigenvalue weighted by Crippen LogP contribution is 2.41. The number of carbonyl (C=O) groups is 2. The van der Waals surface area contributed by atoms with Gasteiger partial charge < -0.3 is 10.2 Å². The lowest BCUT2D eigenvalue weighted by atomic mass is 9.90. The predicted octanol–water partition coefficient (Wildman–Crippen LogP) is 3.74. The second kappa shape index (κ2) is 7.95. The van der Waals surface area contributed by atoms with Gasteiger partial charge in [-0.3, -0.25) is 9.59 Å². The normalized spacial score (nSPS) is 22.3. The molecule has 2 aliphatic rings. The Morgan fingerprint density at radius 3 is 2.19 bits per heavy atom. The van der Waals surface area contributed by atoms with E-state index < -0.39 is 0 Å². The second-order valence-corrected chi connectivity index (χ2v) is 7.76. The van der Waals surface area contributed by atoms with E-state index in [4.69, 9.17) is 0 Å². The van der Waals surface area contributed by atoms with E-state index in [-0.39, 0.29) is 23.7 Å². The molecule has 4 nitrogen and oxygen atoms in total. The minimum Gasteiger partial charge on any atom is -0.342 e. The zero-order valence-corrected chi connectivity index (χ0v) is 15.5. The van der Waals surface area contributed by atoms with Crippen molar-refractivity contribution >= 4 is 17.5 Å². The van der Waals surface area contributed by atoms with Gasteiger partial charge in [0.25, 0.3) is 0 Å². The Balaban J connectivity index is 1.24. The molecule has 140 valence electrons. The molecule has 2 amide bonds. The summed E-state index contributed by atoms with van der Waals surface area (Å²) in [5.41, 5.74) is 2.17. The van der Waals surface area contributed by atoms with Crippen molar-refractivity contribution in [1.29, 1.82) is 0 Å². The SMILES string of the molecule is O=C(Nc1ccccc1)C1CC1C(=O)N1CCC(Cc2ccccc2)CC1. The fraction of sp³-hybridized carbons (Fsp3) is 0.391. The third kappa shape index (κ3) is 4.38. The summed E-state index contributed by atoms with van der Waals surface area (Å²) in [6.45, 7) is 1.64. The Hall–Kier alpha value is -2.62. The molecule has 4 rings (SSSR count). The van der Waals surface area contributed by atoms with Crippen LogP contribution in [0.25, 0.3) is 0 Å². The number of nitrogens with zero attached hydrogens (tertiary/aromatic N) is 1. The predicted molar refractivity (Wildman–Crippen MR) is 106 cm³/mol. The molecule has 0 radical (unpaired) electrons. The maximum atomic E-state index is 12.7. The summed E-state index contributed by atoms with van der Waals surface area (Å²) in [7, 11) is 0. The Labute approximate surface area is 160 Å². The number of piperidine rings is 1. The van der Waals surface area contributed by atoms with Gasteiger partial charge in [0.1, 0.15) is 0 Å². The van der Waals surface area contributed by atoms with Gasteiger partial charge in [-0.25, -0.2) is 0 Å². The summed E-state index contributed by atoms with van der Waals surface area (Å²) in [4.78, 5) is 27.1. The molecule has 0 spiro atoms. The van der Waals surface area contributed by atoms with Gasteiger partial charge in [0.05, 0.1) is 11.8 Å². The van der Waals surface area contributed by atoms with Crippen LogP contribution in [0.2, 0.25) is 0 Å². The first-order chi connectivity index (χ1) is 13.2. The van der Waals surface area contributed by atoms with Crippen molar-refractivity contribution < 1.29 is 9.59 Å². The van der Waals surface area contributed by atoms with Crippen molar-refractivity contribution in [2.75, 3.05) is 18.4 Å². The van der Waals surface area contributed by atoms with E-state index in [0.717, 1.165) is 38.0 Å². The lowest BCUT2D eigenvalue weighted by molar-refractivity contribution is -0.135. The van der Waals surface area contributed by atoms with Crippen LogP contribution >= 0.6 is 0 Å². The van der Waals surface area contributed by atoms with Crippen LogP contribution in [0.1, 0.15) is 24.8 Å². The number of amides is 2. The van der Waals surface area contributed by atoms with E-state index >= 15 is 0 Å². The molecule has 0 bridgehead atoms. The van der Waals surface area contributed by atoms with Gasteiger partial charge in [0, 0.05) is 18.8 Å². The number of para-hydroxylation sites is 1. The largest absolute Gasteiger partial charge is 0.342 e. The number of hydrogen-bond acceptors (Lipinski definition) is 2. The van der Waals surface area contributed by atoms with Gasteiger partial charge in [-0.15, -0.1) is 0 Å². The molecule has 0 aromatic heterocycles. The number of rotatable bonds is 5. The molecule has 1 saturated heterocycles. The molecule has 2 aromatic rings. The summed E-state index contributed by atoms with van der Waals surface area (Å²) in [5, 5.41) is 2.92. The molecule has 2 fully saturated rings. The lowest BCUT2D eigenvalue weighted by Gasteiger charge is -2.32. The molecule has 1 saturated carbocycles. The first-order valence-electron chi connectivity index (χ1n) is 9.89. The zero-order valence-electron chi connectivity index (χ0n) is 15.5. The molecule has 1 aliphatic carbocycles. The van der Waals surface area contributed by atoms with Crippen LogP contribution in [-0.2, 0) is 16.0 Å². The molecule has 1 N–H and O–H groups in total. The monoisotopic (exact) mass is 362 g/mol. The van der Waals surface area contributed by atoms with Crippen molar-refractivity contribution in [2.24, 2.45) is 17.8 Å². The minimum atomic E-state index is -0.167. The van der Waals surface area contributed by atoms with Crippen LogP contribution in [0.3, 0.4) is 0 Å². The van der Waals surface area contributed by atoms with Crippen LogP contribution in [0.15, 0.2) is 60.7 Å². The maximum Gasteiger partial charge on any atom is 0.228 e. The summed E-state index contributed by atoms with van der Waals surface area (Å²) < 4.78 is 0. The van der Waals surface area contributed by atoms with Gasteiger partial charge in [0.15, 0.2) is 0 Å². The van der Waals surface area contributed by atoms with E-state index in [1.807, 2.05) is 41.3 Å². The summed E-state index contributed by atoms with van der Waals surface area (Å²) in [5.74, 6) is 0.492. The maximum absolute atomic E-state index is 12.7. The van der Waals surface area contributed by atoms with E-state index in [2.05, 4.69) is 29.6 Å². The van der Waals surface area contributed by atoms with Crippen LogP contribution in [0.5, 0.6) is 0 Å². The lowest BCUT2D eigenvalue weighted by Crippen LogP contribution is -2.40. The number of benzene rings is 2. The first kappa shape index (κ1) is 17.8. The highest BCUT2D eigenvalue weighted by atomic mass is 16.2. The summed E-state index contributed by atoms with van der Waals surface area (Å²) in [6.07, 6.45) is 3.87. The summed E-state index contributed by atoms with van der Waals surface area (Å²) in [6, 6.07) is 20.0. The second-order valence-electron chi connectivity index (χ2n) is 7.76. The average Bonchev–Trinajstić information content (AvgIpc) is 3.51. The Kier molecular flexibility index (Phi) is 5.23. The van der Waals surface area contributed by atoms with Crippen LogP contribution < -0.4 is 5.32 Å². The van der Waals surface area contributed by atoms with E-state index in [1.165, 1.54) is 5.56 Å². The summed E-state index contributed by atoms with van der Waals surface area (Å²) >= 11 is 0. The van der Waals surface area contributed by atoms with E-state index in [0.29, 0.717) is 12.3 Å². The molecule has 1 heterocycles. The molecule has 4 heteroatoms. The van der Waals surface area contributed by atoms with Crippen molar-refractivity contribution in [3.8, 4) is 0 Å². The molecule has 2 aromatic carbocycles. The van der Waals surface area contributed by atoms with Gasteiger partial charge in [-0.05, 0) is 49.3 Å². The molecule has 1 aliphatic heterocycles. The van der Waals surface area contributed by atoms with Crippen molar-refractivity contribution in [1.82, 2.24) is 4.90 Å². The number of hydrogen-bond donors (Lipinski definition) is 1. The standard InChI is InChI=1S/C23H26N2O2/c26-22(24-19-9-5-2-6-10-19)20-16-21(20)23(27)25-13-11-18(12-14-25)15-17-7-3-1-4-8-17/h1-10,18,20-21H,11-16H2,(H,24,26). The Bertz CT molecular complexity index is 783. The fourth-order valence-electron chi connectivity index (χ4n) is 4.05. The molecular formula is C23H26N2O2. The van der Waals surface area contributed by atoms with Gasteiger partial charge in [-0.2, -0.15) is 0 Å². The van der Waals surface area contributed by atoms with Crippen molar-refractivity contribution in [3.05, 3.63) is 66.2 Å². The molecular weight excluding hydrogens is 336 g/mol. The van der Waals surface area contributed by atoms with Crippen molar-refractivity contribution in [2.45, 2.75) is 25.7 Å². The zero-order chi connectivity index (χ0) is 18.6. The smallest absolute Gasteiger partial charge is 0.228 e. The number of anilines is 1. The van der Waals surface area contributed by atoms with Gasteiger partial charge in [-0.1, -0.05) is 48.5 Å². The number of likely N-dealkylation sites (tertiary alicyclic amines) is 1. The van der Waals surface area contributed by atoms with Crippen molar-refractivity contribution in [3.63, 3.8) is 0 Å². The minimum absolute atomic E-state index is 0.0292. The molecule has 27 heavy (non-hydrogen) atoms. The quantitative estimate of drug-likeness (QED) is 0.881. The van der Waals surface area contributed by atoms with E-state index in [1.54, 1.807) is 0 Å². The first-order valence-corrected chi connectivity index (χ1v) is 9.89. The van der Waals surface area contributed by atoms with Gasteiger partial charge >= 0.3 is 0 Å².